The van der Waals surface area contributed by atoms with Crippen LogP contribution in [0.1, 0.15) is 46.2 Å². The highest BCUT2D eigenvalue weighted by atomic mass is 35.5. The van der Waals surface area contributed by atoms with Gasteiger partial charge in [0.15, 0.2) is 11.5 Å². The lowest BCUT2D eigenvalue weighted by atomic mass is 9.76. The molecule has 3 atom stereocenters. The zero-order chi connectivity index (χ0) is 27.6. The SMILES string of the molecule is COc1cc(C=Nc2ccc([C@@H]3Nc4ccc(C)cc4[C@H]4C=CC[C@H]43)cc2)ccc1OCc1ccc(Cl)cc1Cl. The summed E-state index contributed by atoms with van der Waals surface area (Å²) in [7, 11) is 1.63. The predicted molar refractivity (Wildman–Crippen MR) is 165 cm³/mol. The molecule has 4 aromatic carbocycles. The molecule has 0 bridgehead atoms. The summed E-state index contributed by atoms with van der Waals surface area (Å²) in [6.07, 6.45) is 7.64. The maximum Gasteiger partial charge on any atom is 0.161 e. The predicted octanol–water partition coefficient (Wildman–Crippen LogP) is 9.47. The average molecular weight is 570 g/mol. The van der Waals surface area contributed by atoms with E-state index in [9.17, 15) is 0 Å². The number of allylic oxidation sites excluding steroid dienone is 2. The third-order valence-corrected chi connectivity index (χ3v) is 8.31. The number of fused-ring (bicyclic) bond motifs is 3. The first-order valence-electron chi connectivity index (χ1n) is 13.4. The van der Waals surface area contributed by atoms with Crippen LogP contribution < -0.4 is 14.8 Å². The van der Waals surface area contributed by atoms with Gasteiger partial charge in [0.05, 0.1) is 18.8 Å². The minimum atomic E-state index is 0.271. The summed E-state index contributed by atoms with van der Waals surface area (Å²) in [6.45, 7) is 2.47. The molecule has 6 heteroatoms. The zero-order valence-electron chi connectivity index (χ0n) is 22.4. The molecule has 2 aliphatic rings. The highest BCUT2D eigenvalue weighted by molar-refractivity contribution is 6.35. The summed E-state index contributed by atoms with van der Waals surface area (Å²) in [5.41, 5.74) is 7.91. The fourth-order valence-corrected chi connectivity index (χ4v) is 6.10. The highest BCUT2D eigenvalue weighted by Crippen LogP contribution is 2.50. The van der Waals surface area contributed by atoms with Crippen LogP contribution in [0.2, 0.25) is 10.0 Å². The van der Waals surface area contributed by atoms with Crippen LogP contribution >= 0.6 is 23.2 Å². The molecule has 0 fully saturated rings. The molecule has 0 radical (unpaired) electrons. The minimum Gasteiger partial charge on any atom is -0.493 e. The van der Waals surface area contributed by atoms with Crippen molar-refractivity contribution in [3.63, 3.8) is 0 Å². The fraction of sp³-hybridized carbons (Fsp3) is 0.206. The number of nitrogens with zero attached hydrogens (tertiary/aromatic N) is 1. The Bertz CT molecular complexity index is 1600. The molecule has 0 saturated carbocycles. The lowest BCUT2D eigenvalue weighted by molar-refractivity contribution is 0.284. The molecule has 0 aromatic heterocycles. The molecule has 1 aliphatic carbocycles. The monoisotopic (exact) mass is 568 g/mol. The van der Waals surface area contributed by atoms with Gasteiger partial charge in [-0.1, -0.05) is 71.2 Å². The molecule has 0 spiro atoms. The Labute approximate surface area is 245 Å². The smallest absolute Gasteiger partial charge is 0.161 e. The van der Waals surface area contributed by atoms with Crippen molar-refractivity contribution >= 4 is 40.8 Å². The maximum atomic E-state index is 6.28. The number of anilines is 1. The lowest BCUT2D eigenvalue weighted by Crippen LogP contribution is -2.29. The van der Waals surface area contributed by atoms with Crippen molar-refractivity contribution in [3.05, 3.63) is 129 Å². The summed E-state index contributed by atoms with van der Waals surface area (Å²) in [4.78, 5) is 4.71. The highest BCUT2D eigenvalue weighted by Gasteiger charge is 2.37. The number of hydrogen-bond donors (Lipinski definition) is 1. The molecule has 0 saturated heterocycles. The second kappa shape index (κ2) is 11.4. The van der Waals surface area contributed by atoms with Crippen molar-refractivity contribution in [1.82, 2.24) is 0 Å². The summed E-state index contributed by atoms with van der Waals surface area (Å²) < 4.78 is 11.5. The molecule has 202 valence electrons. The van der Waals surface area contributed by atoms with Crippen LogP contribution in [0.15, 0.2) is 96.0 Å². The normalized spacial score (nSPS) is 19.2. The number of nitrogens with one attached hydrogen (secondary N) is 1. The summed E-state index contributed by atoms with van der Waals surface area (Å²) in [5.74, 6) is 2.24. The minimum absolute atomic E-state index is 0.271. The van der Waals surface area contributed by atoms with E-state index in [0.29, 0.717) is 40.0 Å². The average Bonchev–Trinajstić information content (AvgIpc) is 3.46. The van der Waals surface area contributed by atoms with Crippen LogP contribution in [0.5, 0.6) is 11.5 Å². The molecule has 1 N–H and O–H groups in total. The van der Waals surface area contributed by atoms with Crippen molar-refractivity contribution < 1.29 is 9.47 Å². The maximum absolute atomic E-state index is 6.28. The Morgan fingerprint density at radius 1 is 0.950 bits per heavy atom. The van der Waals surface area contributed by atoms with E-state index in [2.05, 4.69) is 66.9 Å². The molecule has 6 rings (SSSR count). The lowest BCUT2D eigenvalue weighted by Gasteiger charge is -2.37. The van der Waals surface area contributed by atoms with Crippen LogP contribution in [0.3, 0.4) is 0 Å². The van der Waals surface area contributed by atoms with Crippen LogP contribution in [0.25, 0.3) is 0 Å². The topological polar surface area (TPSA) is 42.8 Å². The molecule has 0 amide bonds. The van der Waals surface area contributed by atoms with Gasteiger partial charge in [0.2, 0.25) is 0 Å². The van der Waals surface area contributed by atoms with Crippen LogP contribution in [-0.4, -0.2) is 13.3 Å². The number of hydrogen-bond acceptors (Lipinski definition) is 4. The van der Waals surface area contributed by atoms with Gasteiger partial charge in [-0.05, 0) is 84.5 Å². The van der Waals surface area contributed by atoms with E-state index in [-0.39, 0.29) is 6.04 Å². The molecular weight excluding hydrogens is 539 g/mol. The van der Waals surface area contributed by atoms with Crippen LogP contribution in [0.4, 0.5) is 11.4 Å². The van der Waals surface area contributed by atoms with E-state index in [1.165, 1.54) is 22.4 Å². The number of rotatable bonds is 7. The number of aryl methyl sites for hydroxylation is 1. The molecular formula is C34H30Cl2N2O2. The van der Waals surface area contributed by atoms with Gasteiger partial charge in [-0.25, -0.2) is 0 Å². The van der Waals surface area contributed by atoms with Crippen molar-refractivity contribution in [2.24, 2.45) is 10.9 Å². The van der Waals surface area contributed by atoms with E-state index in [4.69, 9.17) is 37.7 Å². The van der Waals surface area contributed by atoms with Crippen molar-refractivity contribution in [2.45, 2.75) is 31.9 Å². The van der Waals surface area contributed by atoms with E-state index in [1.807, 2.05) is 30.5 Å². The number of halogens is 2. The summed E-state index contributed by atoms with van der Waals surface area (Å²) in [5, 5.41) is 4.98. The molecule has 4 aromatic rings. The molecule has 0 unspecified atom stereocenters. The first kappa shape index (κ1) is 26.5. The van der Waals surface area contributed by atoms with Crippen molar-refractivity contribution in [2.75, 3.05) is 12.4 Å². The van der Waals surface area contributed by atoms with E-state index < -0.39 is 0 Å². The fourth-order valence-electron chi connectivity index (χ4n) is 5.64. The largest absolute Gasteiger partial charge is 0.493 e. The Morgan fingerprint density at radius 3 is 2.60 bits per heavy atom. The first-order valence-corrected chi connectivity index (χ1v) is 14.2. The number of methoxy groups -OCH3 is 1. The Hall–Kier alpha value is -3.73. The van der Waals surface area contributed by atoms with Crippen molar-refractivity contribution in [3.8, 4) is 11.5 Å². The van der Waals surface area contributed by atoms with Gasteiger partial charge in [-0.2, -0.15) is 0 Å². The number of ether oxygens (including phenoxy) is 2. The molecule has 40 heavy (non-hydrogen) atoms. The van der Waals surface area contributed by atoms with Gasteiger partial charge in [0.25, 0.3) is 0 Å². The number of aliphatic imine (C=N–C) groups is 1. The van der Waals surface area contributed by atoms with Gasteiger partial charge in [0, 0.05) is 33.4 Å². The zero-order valence-corrected chi connectivity index (χ0v) is 23.9. The van der Waals surface area contributed by atoms with Gasteiger partial charge in [-0.3, -0.25) is 4.99 Å². The van der Waals surface area contributed by atoms with E-state index >= 15 is 0 Å². The molecule has 1 aliphatic heterocycles. The van der Waals surface area contributed by atoms with Gasteiger partial charge in [0.1, 0.15) is 6.61 Å². The van der Waals surface area contributed by atoms with E-state index in [0.717, 1.165) is 23.2 Å². The standard InChI is InChI=1S/C34H30Cl2N2O2/c1-21-6-14-31-29(16-21)27-4-3-5-28(27)34(38-31)23-9-12-26(13-10-23)37-19-22-7-15-32(33(17-22)39-2)40-20-24-8-11-25(35)18-30(24)36/h3-4,6-19,27-28,34,38H,5,20H2,1-2H3/t27-,28+,34-/m0/s1. The Kier molecular flexibility index (Phi) is 7.55. The van der Waals surface area contributed by atoms with Crippen LogP contribution in [-0.2, 0) is 6.61 Å². The van der Waals surface area contributed by atoms with Crippen molar-refractivity contribution in [1.29, 1.82) is 0 Å². The summed E-state index contributed by atoms with van der Waals surface area (Å²) in [6, 6.07) is 26.7. The number of benzene rings is 4. The van der Waals surface area contributed by atoms with Gasteiger partial charge in [-0.15, -0.1) is 0 Å². The quantitative estimate of drug-likeness (QED) is 0.178. The summed E-state index contributed by atoms with van der Waals surface area (Å²) >= 11 is 12.3. The molecule has 4 nitrogen and oxygen atoms in total. The van der Waals surface area contributed by atoms with Gasteiger partial charge >= 0.3 is 0 Å². The van der Waals surface area contributed by atoms with E-state index in [1.54, 1.807) is 19.2 Å². The second-order valence-electron chi connectivity index (χ2n) is 10.4. The van der Waals surface area contributed by atoms with Crippen LogP contribution in [0, 0.1) is 12.8 Å². The second-order valence-corrected chi connectivity index (χ2v) is 11.2. The first-order chi connectivity index (χ1) is 19.5. The van der Waals surface area contributed by atoms with Gasteiger partial charge < -0.3 is 14.8 Å². The third-order valence-electron chi connectivity index (χ3n) is 7.72. The Morgan fingerprint density at radius 2 is 1.80 bits per heavy atom. The third kappa shape index (κ3) is 5.47. The molecule has 1 heterocycles. The Balaban J connectivity index is 1.14.